The van der Waals surface area contributed by atoms with E-state index in [1.807, 2.05) is 24.0 Å². The molecule has 0 spiro atoms. The van der Waals surface area contributed by atoms with Crippen molar-refractivity contribution in [3.63, 3.8) is 0 Å². The van der Waals surface area contributed by atoms with Crippen LogP contribution in [0, 0.1) is 24.5 Å². The molecule has 3 aromatic rings. The number of pyridine rings is 2. The molecular weight excluding hydrogens is 374 g/mol. The maximum Gasteiger partial charge on any atom is 0.257 e. The van der Waals surface area contributed by atoms with Crippen molar-refractivity contribution in [2.45, 2.75) is 26.7 Å². The monoisotopic (exact) mass is 396 g/mol. The summed E-state index contributed by atoms with van der Waals surface area (Å²) < 4.78 is 27.6. The number of benzene rings is 1. The number of aromatic nitrogens is 2. The van der Waals surface area contributed by atoms with Crippen LogP contribution in [0.3, 0.4) is 0 Å². The number of halogens is 2. The highest BCUT2D eigenvalue weighted by molar-refractivity contribution is 6.07. The molecule has 1 aliphatic rings. The summed E-state index contributed by atoms with van der Waals surface area (Å²) in [7, 11) is 0. The zero-order chi connectivity index (χ0) is 20.5. The Morgan fingerprint density at radius 3 is 2.83 bits per heavy atom. The number of amides is 1. The van der Waals surface area contributed by atoms with Crippen LogP contribution in [0.5, 0.6) is 0 Å². The summed E-state index contributed by atoms with van der Waals surface area (Å²) in [6.45, 7) is 5.32. The van der Waals surface area contributed by atoms with Gasteiger partial charge in [-0.15, -0.1) is 0 Å². The van der Waals surface area contributed by atoms with Gasteiger partial charge < -0.3 is 10.2 Å². The first-order valence-corrected chi connectivity index (χ1v) is 9.70. The summed E-state index contributed by atoms with van der Waals surface area (Å²) in [4.78, 5) is 23.9. The molecule has 0 bridgehead atoms. The quantitative estimate of drug-likeness (QED) is 0.689. The first-order valence-electron chi connectivity index (χ1n) is 9.70. The highest BCUT2D eigenvalue weighted by Crippen LogP contribution is 2.31. The second-order valence-electron chi connectivity index (χ2n) is 7.62. The lowest BCUT2D eigenvalue weighted by molar-refractivity contribution is 0.0684. The van der Waals surface area contributed by atoms with Crippen molar-refractivity contribution in [1.82, 2.24) is 14.9 Å². The maximum absolute atomic E-state index is 14.3. The summed E-state index contributed by atoms with van der Waals surface area (Å²) in [5, 5.41) is 3.60. The Hall–Kier alpha value is -3.09. The van der Waals surface area contributed by atoms with E-state index in [0.29, 0.717) is 41.3 Å². The molecule has 1 amide bonds. The fourth-order valence-corrected chi connectivity index (χ4v) is 3.74. The minimum absolute atomic E-state index is 0.0838. The van der Waals surface area contributed by atoms with E-state index in [9.17, 15) is 13.6 Å². The summed E-state index contributed by atoms with van der Waals surface area (Å²) in [5.74, 6) is -1.13. The van der Waals surface area contributed by atoms with Gasteiger partial charge in [0.1, 0.15) is 11.6 Å². The molecule has 1 N–H and O–H groups in total. The number of rotatable bonds is 3. The third-order valence-corrected chi connectivity index (χ3v) is 5.23. The summed E-state index contributed by atoms with van der Waals surface area (Å²) in [6.07, 6.45) is 3.53. The number of fused-ring (bicyclic) bond motifs is 1. The summed E-state index contributed by atoms with van der Waals surface area (Å²) in [5.41, 5.74) is 2.10. The van der Waals surface area contributed by atoms with Crippen LogP contribution in [-0.2, 0) is 0 Å². The van der Waals surface area contributed by atoms with E-state index in [2.05, 4.69) is 22.2 Å². The zero-order valence-electron chi connectivity index (χ0n) is 16.4. The van der Waals surface area contributed by atoms with E-state index in [-0.39, 0.29) is 11.6 Å². The minimum atomic E-state index is -0.736. The molecule has 5 nitrogen and oxygen atoms in total. The number of nitrogens with one attached hydrogen (secondary N) is 1. The number of aryl methyl sites for hydroxylation is 1. The van der Waals surface area contributed by atoms with Crippen LogP contribution in [0.25, 0.3) is 11.0 Å². The fourth-order valence-electron chi connectivity index (χ4n) is 3.74. The molecule has 0 radical (unpaired) electrons. The minimum Gasteiger partial charge on any atom is -0.352 e. The lowest BCUT2D eigenvalue weighted by Gasteiger charge is -2.31. The third kappa shape index (κ3) is 3.90. The molecule has 1 aliphatic heterocycles. The molecule has 2 aromatic heterocycles. The van der Waals surface area contributed by atoms with Gasteiger partial charge in [0.05, 0.1) is 16.9 Å². The molecule has 0 unspecified atom stereocenters. The highest BCUT2D eigenvalue weighted by Gasteiger charge is 2.26. The lowest BCUT2D eigenvalue weighted by Crippen LogP contribution is -2.39. The van der Waals surface area contributed by atoms with Crippen molar-refractivity contribution in [3.05, 3.63) is 59.4 Å². The van der Waals surface area contributed by atoms with E-state index in [0.717, 1.165) is 24.6 Å². The highest BCUT2D eigenvalue weighted by atomic mass is 19.1. The Morgan fingerprint density at radius 2 is 2.07 bits per heavy atom. The number of nitrogens with zero attached hydrogens (tertiary/aromatic N) is 3. The third-order valence-electron chi connectivity index (χ3n) is 5.23. The number of anilines is 2. The van der Waals surface area contributed by atoms with Crippen molar-refractivity contribution < 1.29 is 13.6 Å². The van der Waals surface area contributed by atoms with Crippen molar-refractivity contribution in [1.29, 1.82) is 0 Å². The number of piperidine rings is 1. The largest absolute Gasteiger partial charge is 0.352 e. The van der Waals surface area contributed by atoms with Crippen molar-refractivity contribution >= 4 is 28.3 Å². The predicted molar refractivity (Wildman–Crippen MR) is 108 cm³/mol. The van der Waals surface area contributed by atoms with E-state index in [1.54, 1.807) is 0 Å². The normalized spacial score (nSPS) is 16.8. The number of hydrogen-bond donors (Lipinski definition) is 1. The molecule has 3 heterocycles. The van der Waals surface area contributed by atoms with Gasteiger partial charge in [0.15, 0.2) is 5.65 Å². The first kappa shape index (κ1) is 19.2. The van der Waals surface area contributed by atoms with Crippen LogP contribution in [0.2, 0.25) is 0 Å². The lowest BCUT2D eigenvalue weighted by atomic mass is 9.99. The second kappa shape index (κ2) is 7.73. The van der Waals surface area contributed by atoms with Gasteiger partial charge >= 0.3 is 0 Å². The maximum atomic E-state index is 14.3. The smallest absolute Gasteiger partial charge is 0.257 e. The zero-order valence-corrected chi connectivity index (χ0v) is 16.4. The molecule has 1 saturated heterocycles. The SMILES string of the molecule is Cc1ccc2c(Nc3ccc(F)cc3F)c(C(=O)N3CCC[C@@H](C)C3)cnc2n1. The number of likely N-dealkylation sites (tertiary alicyclic amines) is 1. The molecular formula is C22H22F2N4O. The molecule has 150 valence electrons. The molecule has 29 heavy (non-hydrogen) atoms. The molecule has 7 heteroatoms. The Kier molecular flexibility index (Phi) is 5.13. The van der Waals surface area contributed by atoms with E-state index >= 15 is 0 Å². The Labute approximate surface area is 167 Å². The van der Waals surface area contributed by atoms with Gasteiger partial charge in [0, 0.05) is 36.4 Å². The van der Waals surface area contributed by atoms with E-state index in [4.69, 9.17) is 0 Å². The standard InChI is InChI=1S/C22H22F2N4O/c1-13-4-3-9-28(12-13)22(29)17-11-25-21-16(7-5-14(2)26-21)20(17)27-19-8-6-15(23)10-18(19)24/h5-8,10-11,13H,3-4,9,12H2,1-2H3,(H,25,26,27)/t13-/m1/s1. The number of carbonyl (C=O) groups is 1. The van der Waals surface area contributed by atoms with E-state index < -0.39 is 11.6 Å². The van der Waals surface area contributed by atoms with Crippen LogP contribution in [0.1, 0.15) is 35.8 Å². The van der Waals surface area contributed by atoms with Crippen molar-refractivity contribution in [3.8, 4) is 0 Å². The van der Waals surface area contributed by atoms with Crippen molar-refractivity contribution in [2.24, 2.45) is 5.92 Å². The van der Waals surface area contributed by atoms with Crippen molar-refractivity contribution in [2.75, 3.05) is 18.4 Å². The molecule has 1 atom stereocenters. The van der Waals surface area contributed by atoms with Crippen LogP contribution in [0.4, 0.5) is 20.2 Å². The Bertz CT molecular complexity index is 1090. The number of hydrogen-bond acceptors (Lipinski definition) is 4. The molecule has 1 fully saturated rings. The first-order chi connectivity index (χ1) is 13.9. The van der Waals surface area contributed by atoms with Gasteiger partial charge in [0.2, 0.25) is 0 Å². The van der Waals surface area contributed by atoms with Gasteiger partial charge in [0.25, 0.3) is 5.91 Å². The van der Waals surface area contributed by atoms with Crippen LogP contribution < -0.4 is 5.32 Å². The topological polar surface area (TPSA) is 58.1 Å². The molecule has 0 aliphatic carbocycles. The van der Waals surface area contributed by atoms with Gasteiger partial charge in [-0.3, -0.25) is 4.79 Å². The molecule has 4 rings (SSSR count). The van der Waals surface area contributed by atoms with Crippen LogP contribution >= 0.6 is 0 Å². The Balaban J connectivity index is 1.82. The van der Waals surface area contributed by atoms with Gasteiger partial charge in [-0.2, -0.15) is 0 Å². The summed E-state index contributed by atoms with van der Waals surface area (Å²) >= 11 is 0. The molecule has 1 aromatic carbocycles. The summed E-state index contributed by atoms with van der Waals surface area (Å²) in [6, 6.07) is 6.92. The van der Waals surface area contributed by atoms with Gasteiger partial charge in [-0.25, -0.2) is 18.7 Å². The second-order valence-corrected chi connectivity index (χ2v) is 7.62. The van der Waals surface area contributed by atoms with Gasteiger partial charge in [-0.05, 0) is 49.9 Å². The predicted octanol–water partition coefficient (Wildman–Crippen LogP) is 4.83. The molecule has 0 saturated carbocycles. The number of carbonyl (C=O) groups excluding carboxylic acids is 1. The van der Waals surface area contributed by atoms with Crippen LogP contribution in [0.15, 0.2) is 36.5 Å². The Morgan fingerprint density at radius 1 is 1.24 bits per heavy atom. The van der Waals surface area contributed by atoms with Crippen LogP contribution in [-0.4, -0.2) is 33.9 Å². The van der Waals surface area contributed by atoms with E-state index in [1.165, 1.54) is 18.3 Å². The average molecular weight is 396 g/mol. The average Bonchev–Trinajstić information content (AvgIpc) is 2.69. The van der Waals surface area contributed by atoms with Gasteiger partial charge in [-0.1, -0.05) is 6.92 Å². The fraction of sp³-hybridized carbons (Fsp3) is 0.318.